The van der Waals surface area contributed by atoms with E-state index in [0.717, 1.165) is 31.5 Å². The molecule has 0 radical (unpaired) electrons. The molecule has 3 heterocycles. The largest absolute Gasteiger partial charge is 0.436 e. The van der Waals surface area contributed by atoms with Crippen molar-refractivity contribution in [3.63, 3.8) is 0 Å². The van der Waals surface area contributed by atoms with Crippen molar-refractivity contribution in [3.8, 4) is 11.5 Å². The topological polar surface area (TPSA) is 134 Å². The summed E-state index contributed by atoms with van der Waals surface area (Å²) in [5.41, 5.74) is 9.77. The van der Waals surface area contributed by atoms with Gasteiger partial charge in [0.25, 0.3) is 0 Å². The van der Waals surface area contributed by atoms with E-state index in [-0.39, 0.29) is 23.5 Å². The fourth-order valence-corrected chi connectivity index (χ4v) is 5.60. The molecule has 4 N–H and O–H groups in total. The highest BCUT2D eigenvalue weighted by Gasteiger charge is 2.42. The molecule has 0 bridgehead atoms. The number of anilines is 2. The van der Waals surface area contributed by atoms with Gasteiger partial charge < -0.3 is 20.4 Å². The number of nitrogens with one attached hydrogen (secondary N) is 2. The number of carbonyl (C=O) groups excluding carboxylic acids is 1. The van der Waals surface area contributed by atoms with E-state index in [0.29, 0.717) is 45.8 Å². The lowest BCUT2D eigenvalue weighted by Gasteiger charge is -2.20. The van der Waals surface area contributed by atoms with Crippen LogP contribution in [0.15, 0.2) is 71.9 Å². The first-order valence-electron chi connectivity index (χ1n) is 12.3. The van der Waals surface area contributed by atoms with Crippen molar-refractivity contribution in [1.82, 2.24) is 19.9 Å². The molecular weight excluding hydrogens is 466 g/mol. The Labute approximate surface area is 213 Å². The summed E-state index contributed by atoms with van der Waals surface area (Å²) in [6.45, 7) is 5.11. The lowest BCUT2D eigenvalue weighted by Crippen LogP contribution is -2.30. The molecule has 2 aromatic heterocycles. The van der Waals surface area contributed by atoms with Crippen LogP contribution in [0.4, 0.5) is 11.6 Å². The Balaban J connectivity index is 1.23. The van der Waals surface area contributed by atoms with Crippen molar-refractivity contribution in [2.75, 3.05) is 24.1 Å². The van der Waals surface area contributed by atoms with Gasteiger partial charge in [0.05, 0.1) is 11.3 Å². The first-order valence-corrected chi connectivity index (χ1v) is 12.3. The molecule has 2 aromatic carbocycles. The maximum atomic E-state index is 12.0. The van der Waals surface area contributed by atoms with Gasteiger partial charge in [-0.05, 0) is 55.0 Å². The standard InChI is InChI=1S/C28H27N7O2/c1-2-23(36)35-13-18-10-20(11-19(18)14-35)33-27-24(26(30)31-15-32-27)25(29)17-8-9-21-22(12-17)37-28(34-21)16-6-4-3-5-7-16/h2-9,12,15,18-20,29H,1,10-11,13-14H2,(H3,30,31,32,33). The number of hydrogen-bond donors (Lipinski definition) is 3. The zero-order chi connectivity index (χ0) is 25.5. The number of rotatable bonds is 6. The second-order valence-electron chi connectivity index (χ2n) is 9.71. The summed E-state index contributed by atoms with van der Waals surface area (Å²) >= 11 is 0. The number of carbonyl (C=O) groups is 1. The lowest BCUT2D eigenvalue weighted by molar-refractivity contribution is -0.125. The monoisotopic (exact) mass is 493 g/mol. The van der Waals surface area contributed by atoms with Gasteiger partial charge in [0.1, 0.15) is 23.5 Å². The SMILES string of the molecule is C=CC(=O)N1CC2CC(Nc3ncnc(N)c3C(=N)c3ccc4nc(-c5ccccc5)oc4c3)CC2C1. The molecule has 1 aliphatic carbocycles. The third kappa shape index (κ3) is 4.22. The summed E-state index contributed by atoms with van der Waals surface area (Å²) in [7, 11) is 0. The fraction of sp³-hybridized carbons (Fsp3) is 0.250. The van der Waals surface area contributed by atoms with Crippen molar-refractivity contribution < 1.29 is 9.21 Å². The Morgan fingerprint density at radius 2 is 1.89 bits per heavy atom. The minimum absolute atomic E-state index is 0.00201. The molecule has 9 heteroatoms. The average Bonchev–Trinajstić information content (AvgIpc) is 3.61. The van der Waals surface area contributed by atoms with Crippen LogP contribution in [0.5, 0.6) is 0 Å². The summed E-state index contributed by atoms with van der Waals surface area (Å²) in [4.78, 5) is 27.1. The van der Waals surface area contributed by atoms with Crippen molar-refractivity contribution in [1.29, 1.82) is 5.41 Å². The van der Waals surface area contributed by atoms with E-state index < -0.39 is 0 Å². The predicted octanol–water partition coefficient (Wildman–Crippen LogP) is 4.12. The van der Waals surface area contributed by atoms with Gasteiger partial charge in [-0.25, -0.2) is 15.0 Å². The maximum absolute atomic E-state index is 12.0. The maximum Gasteiger partial charge on any atom is 0.245 e. The highest BCUT2D eigenvalue weighted by atomic mass is 16.3. The number of amides is 1. The Morgan fingerprint density at radius 1 is 1.14 bits per heavy atom. The zero-order valence-corrected chi connectivity index (χ0v) is 20.2. The van der Waals surface area contributed by atoms with Crippen molar-refractivity contribution in [2.24, 2.45) is 11.8 Å². The molecular formula is C28H27N7O2. The normalized spacial score (nSPS) is 20.6. The molecule has 37 heavy (non-hydrogen) atoms. The Hall–Kier alpha value is -4.53. The predicted molar refractivity (Wildman–Crippen MR) is 142 cm³/mol. The lowest BCUT2D eigenvalue weighted by atomic mass is 10.0. The van der Waals surface area contributed by atoms with Gasteiger partial charge in [0.2, 0.25) is 11.8 Å². The molecule has 1 aliphatic heterocycles. The van der Waals surface area contributed by atoms with Gasteiger partial charge in [0.15, 0.2) is 5.58 Å². The molecule has 2 unspecified atom stereocenters. The van der Waals surface area contributed by atoms with E-state index in [4.69, 9.17) is 15.6 Å². The molecule has 2 fully saturated rings. The van der Waals surface area contributed by atoms with E-state index in [1.807, 2.05) is 47.4 Å². The van der Waals surface area contributed by atoms with E-state index >= 15 is 0 Å². The quantitative estimate of drug-likeness (QED) is 0.272. The number of hydrogen-bond acceptors (Lipinski definition) is 8. The average molecular weight is 494 g/mol. The van der Waals surface area contributed by atoms with Crippen molar-refractivity contribution >= 4 is 34.4 Å². The molecule has 1 saturated heterocycles. The van der Waals surface area contributed by atoms with Gasteiger partial charge in [-0.1, -0.05) is 30.8 Å². The van der Waals surface area contributed by atoms with E-state index in [1.54, 1.807) is 6.07 Å². The molecule has 1 amide bonds. The van der Waals surface area contributed by atoms with E-state index in [9.17, 15) is 4.79 Å². The van der Waals surface area contributed by atoms with Crippen LogP contribution < -0.4 is 11.1 Å². The molecule has 4 aromatic rings. The second kappa shape index (κ2) is 9.16. The fourth-order valence-electron chi connectivity index (χ4n) is 5.60. The molecule has 186 valence electrons. The molecule has 1 saturated carbocycles. The minimum atomic E-state index is -0.00201. The second-order valence-corrected chi connectivity index (χ2v) is 9.71. The number of nitrogens with zero attached hydrogens (tertiary/aromatic N) is 4. The van der Waals surface area contributed by atoms with Crippen LogP contribution in [0, 0.1) is 17.2 Å². The highest BCUT2D eigenvalue weighted by molar-refractivity contribution is 6.17. The number of likely N-dealkylation sites (tertiary alicyclic amines) is 1. The smallest absolute Gasteiger partial charge is 0.245 e. The van der Waals surface area contributed by atoms with Gasteiger partial charge in [0, 0.05) is 30.3 Å². The van der Waals surface area contributed by atoms with E-state index in [1.165, 1.54) is 12.4 Å². The van der Waals surface area contributed by atoms with Gasteiger partial charge in [-0.15, -0.1) is 0 Å². The van der Waals surface area contributed by atoms with Gasteiger partial charge in [-0.3, -0.25) is 10.2 Å². The van der Waals surface area contributed by atoms with Gasteiger partial charge in [-0.2, -0.15) is 0 Å². The summed E-state index contributed by atoms with van der Waals surface area (Å²) in [6, 6.07) is 15.4. The van der Waals surface area contributed by atoms with Crippen molar-refractivity contribution in [3.05, 3.63) is 78.6 Å². The van der Waals surface area contributed by atoms with Crippen LogP contribution in [0.3, 0.4) is 0 Å². The first kappa shape index (κ1) is 22.9. The molecule has 2 atom stereocenters. The summed E-state index contributed by atoms with van der Waals surface area (Å²) in [5, 5.41) is 12.5. The van der Waals surface area contributed by atoms with E-state index in [2.05, 4.69) is 26.8 Å². The van der Waals surface area contributed by atoms with Gasteiger partial charge >= 0.3 is 0 Å². The number of nitrogens with two attached hydrogens (primary N) is 1. The summed E-state index contributed by atoms with van der Waals surface area (Å²) in [6.07, 6.45) is 4.65. The molecule has 0 spiro atoms. The highest BCUT2D eigenvalue weighted by Crippen LogP contribution is 2.40. The molecule has 6 rings (SSSR count). The van der Waals surface area contributed by atoms with Crippen LogP contribution in [0.25, 0.3) is 22.6 Å². The van der Waals surface area contributed by atoms with Crippen molar-refractivity contribution in [2.45, 2.75) is 18.9 Å². The Kier molecular flexibility index (Phi) is 5.67. The Morgan fingerprint density at radius 3 is 2.62 bits per heavy atom. The number of oxazole rings is 1. The third-order valence-corrected chi connectivity index (χ3v) is 7.40. The number of aromatic nitrogens is 3. The minimum Gasteiger partial charge on any atom is -0.436 e. The van der Waals surface area contributed by atoms with Crippen LogP contribution >= 0.6 is 0 Å². The summed E-state index contributed by atoms with van der Waals surface area (Å²) < 4.78 is 6.00. The molecule has 9 nitrogen and oxygen atoms in total. The molecule has 2 aliphatic rings. The van der Waals surface area contributed by atoms with Crippen LogP contribution in [0.2, 0.25) is 0 Å². The number of benzene rings is 2. The summed E-state index contributed by atoms with van der Waals surface area (Å²) in [5.74, 6) is 2.20. The van der Waals surface area contributed by atoms with Crippen LogP contribution in [-0.4, -0.2) is 50.6 Å². The number of fused-ring (bicyclic) bond motifs is 2. The Bertz CT molecular complexity index is 1500. The third-order valence-electron chi connectivity index (χ3n) is 7.40. The number of nitrogen functional groups attached to an aromatic ring is 1. The zero-order valence-electron chi connectivity index (χ0n) is 20.2. The van der Waals surface area contributed by atoms with Crippen LogP contribution in [-0.2, 0) is 4.79 Å². The first-order chi connectivity index (χ1) is 18.0. The van der Waals surface area contributed by atoms with Crippen LogP contribution in [0.1, 0.15) is 24.0 Å².